The average molecular weight is 466 g/mol. The van der Waals surface area contributed by atoms with Crippen LogP contribution in [0.5, 0.6) is 5.75 Å². The molecule has 0 fully saturated rings. The number of benzene rings is 3. The zero-order valence-corrected chi connectivity index (χ0v) is 20.2. The monoisotopic (exact) mass is 465 g/mol. The van der Waals surface area contributed by atoms with Crippen LogP contribution >= 0.6 is 0 Å². The molecule has 3 aromatic carbocycles. The maximum atomic E-state index is 13.7. The summed E-state index contributed by atoms with van der Waals surface area (Å²) in [5.41, 5.74) is 5.99. The molecule has 2 N–H and O–H groups in total. The van der Waals surface area contributed by atoms with Crippen molar-refractivity contribution in [2.24, 2.45) is 0 Å². The van der Waals surface area contributed by atoms with Gasteiger partial charge in [0.25, 0.3) is 5.91 Å². The van der Waals surface area contributed by atoms with Gasteiger partial charge in [-0.05, 0) is 44.0 Å². The van der Waals surface area contributed by atoms with Crippen LogP contribution in [-0.2, 0) is 4.79 Å². The zero-order chi connectivity index (χ0) is 24.5. The predicted molar refractivity (Wildman–Crippen MR) is 137 cm³/mol. The van der Waals surface area contributed by atoms with Crippen molar-refractivity contribution in [1.82, 2.24) is 14.8 Å². The van der Waals surface area contributed by atoms with Crippen molar-refractivity contribution in [3.8, 4) is 17.1 Å². The highest BCUT2D eigenvalue weighted by atomic mass is 16.5. The number of aromatic nitrogens is 3. The van der Waals surface area contributed by atoms with E-state index in [9.17, 15) is 4.79 Å². The molecule has 0 spiro atoms. The number of fused-ring (bicyclic) bond motifs is 1. The van der Waals surface area contributed by atoms with Crippen LogP contribution < -0.4 is 15.4 Å². The van der Waals surface area contributed by atoms with E-state index in [0.29, 0.717) is 28.8 Å². The van der Waals surface area contributed by atoms with Gasteiger partial charge in [0.05, 0.1) is 18.4 Å². The molecule has 1 aliphatic rings. The summed E-state index contributed by atoms with van der Waals surface area (Å²) < 4.78 is 7.24. The Morgan fingerprint density at radius 1 is 1.00 bits per heavy atom. The van der Waals surface area contributed by atoms with E-state index < -0.39 is 6.04 Å². The van der Waals surface area contributed by atoms with E-state index in [1.807, 2.05) is 87.5 Å². The van der Waals surface area contributed by atoms with Crippen LogP contribution in [0.4, 0.5) is 11.6 Å². The van der Waals surface area contributed by atoms with Gasteiger partial charge in [-0.3, -0.25) is 4.79 Å². The molecule has 7 nitrogen and oxygen atoms in total. The first-order valence-corrected chi connectivity index (χ1v) is 11.5. The summed E-state index contributed by atoms with van der Waals surface area (Å²) in [5.74, 6) is 1.58. The number of carbonyl (C=O) groups is 1. The lowest BCUT2D eigenvalue weighted by Crippen LogP contribution is -2.31. The Bertz CT molecular complexity index is 1450. The molecule has 1 amide bonds. The highest BCUT2D eigenvalue weighted by molar-refractivity contribution is 6.06. The van der Waals surface area contributed by atoms with Gasteiger partial charge in [-0.25, -0.2) is 4.68 Å². The highest BCUT2D eigenvalue weighted by Gasteiger charge is 2.35. The Labute approximate surface area is 204 Å². The summed E-state index contributed by atoms with van der Waals surface area (Å²) in [6, 6.07) is 23.1. The van der Waals surface area contributed by atoms with E-state index in [-0.39, 0.29) is 5.91 Å². The second kappa shape index (κ2) is 9.10. The number of anilines is 2. The predicted octanol–water partition coefficient (Wildman–Crippen LogP) is 5.50. The third kappa shape index (κ3) is 4.17. The van der Waals surface area contributed by atoms with Gasteiger partial charge in [-0.15, -0.1) is 5.10 Å². The number of rotatable bonds is 5. The van der Waals surface area contributed by atoms with E-state index >= 15 is 0 Å². The van der Waals surface area contributed by atoms with E-state index in [4.69, 9.17) is 14.8 Å². The normalized spacial score (nSPS) is 14.8. The molecule has 2 heterocycles. The number of allylic oxidation sites excluding steroid dienone is 1. The number of methoxy groups -OCH3 is 1. The molecular formula is C28H27N5O2. The van der Waals surface area contributed by atoms with Crippen LogP contribution in [0.2, 0.25) is 0 Å². The van der Waals surface area contributed by atoms with Crippen LogP contribution in [0.15, 0.2) is 84.1 Å². The van der Waals surface area contributed by atoms with Crippen LogP contribution in [0.3, 0.4) is 0 Å². The summed E-state index contributed by atoms with van der Waals surface area (Å²) in [5, 5.41) is 11.2. The fourth-order valence-electron chi connectivity index (χ4n) is 4.47. The molecule has 1 aromatic heterocycles. The molecule has 1 unspecified atom stereocenters. The standard InChI is InChI=1S/C28H27N5O2/c1-17-10-9-12-20(16-17)25-24(27(34)30-22-14-7-8-15-23(22)35-4)19(3)29-28-31-26(32-33(25)28)21-13-6-5-11-18(21)2/h5-16,25H,1-4H3,(H,30,34)(H,29,31,32). The summed E-state index contributed by atoms with van der Waals surface area (Å²) in [6.45, 7) is 5.97. The van der Waals surface area contributed by atoms with Gasteiger partial charge in [0.1, 0.15) is 11.8 Å². The number of hydrogen-bond acceptors (Lipinski definition) is 5. The number of nitrogens with one attached hydrogen (secondary N) is 2. The van der Waals surface area contributed by atoms with Gasteiger partial charge in [0.2, 0.25) is 5.95 Å². The first-order valence-electron chi connectivity index (χ1n) is 11.5. The van der Waals surface area contributed by atoms with Crippen molar-refractivity contribution in [3.05, 3.63) is 101 Å². The second-order valence-corrected chi connectivity index (χ2v) is 8.65. The van der Waals surface area contributed by atoms with Crippen LogP contribution in [0.1, 0.15) is 29.7 Å². The van der Waals surface area contributed by atoms with Crippen molar-refractivity contribution < 1.29 is 9.53 Å². The van der Waals surface area contributed by atoms with Crippen LogP contribution in [-0.4, -0.2) is 27.8 Å². The summed E-state index contributed by atoms with van der Waals surface area (Å²) >= 11 is 0. The first-order chi connectivity index (χ1) is 17.0. The molecule has 4 aromatic rings. The molecule has 176 valence electrons. The summed E-state index contributed by atoms with van der Waals surface area (Å²) in [4.78, 5) is 18.5. The lowest BCUT2D eigenvalue weighted by atomic mass is 9.94. The van der Waals surface area contributed by atoms with Crippen molar-refractivity contribution >= 4 is 17.5 Å². The first kappa shape index (κ1) is 22.4. The van der Waals surface area contributed by atoms with Crippen molar-refractivity contribution in [1.29, 1.82) is 0 Å². The van der Waals surface area contributed by atoms with E-state index in [0.717, 1.165) is 28.0 Å². The van der Waals surface area contributed by atoms with Crippen LogP contribution in [0, 0.1) is 13.8 Å². The second-order valence-electron chi connectivity index (χ2n) is 8.65. The SMILES string of the molecule is COc1ccccc1NC(=O)C1=C(C)Nc2nc(-c3ccccc3C)nn2C1c1cccc(C)c1. The van der Waals surface area contributed by atoms with Crippen molar-refractivity contribution in [3.63, 3.8) is 0 Å². The quantitative estimate of drug-likeness (QED) is 0.407. The Kier molecular flexibility index (Phi) is 5.82. The average Bonchev–Trinajstić information content (AvgIpc) is 3.27. The third-order valence-corrected chi connectivity index (χ3v) is 6.20. The fraction of sp³-hybridized carbons (Fsp3) is 0.179. The largest absolute Gasteiger partial charge is 0.495 e. The topological polar surface area (TPSA) is 81.1 Å². The van der Waals surface area contributed by atoms with E-state index in [2.05, 4.69) is 16.7 Å². The molecule has 0 aliphatic carbocycles. The summed E-state index contributed by atoms with van der Waals surface area (Å²) in [6.07, 6.45) is 0. The number of carbonyl (C=O) groups excluding carboxylic acids is 1. The summed E-state index contributed by atoms with van der Waals surface area (Å²) in [7, 11) is 1.59. The van der Waals surface area contributed by atoms with Gasteiger partial charge in [-0.1, -0.05) is 66.2 Å². The van der Waals surface area contributed by atoms with Gasteiger partial charge < -0.3 is 15.4 Å². The molecule has 1 aliphatic heterocycles. The lowest BCUT2D eigenvalue weighted by Gasteiger charge is -2.29. The smallest absolute Gasteiger partial charge is 0.255 e. The molecule has 0 saturated carbocycles. The van der Waals surface area contributed by atoms with Gasteiger partial charge in [0, 0.05) is 11.3 Å². The minimum Gasteiger partial charge on any atom is -0.495 e. The minimum atomic E-state index is -0.453. The maximum Gasteiger partial charge on any atom is 0.255 e. The molecule has 1 atom stereocenters. The number of nitrogens with zero attached hydrogens (tertiary/aromatic N) is 3. The van der Waals surface area contributed by atoms with Crippen molar-refractivity contribution in [2.45, 2.75) is 26.8 Å². The van der Waals surface area contributed by atoms with Crippen LogP contribution in [0.25, 0.3) is 11.4 Å². The van der Waals surface area contributed by atoms with Gasteiger partial charge >= 0.3 is 0 Å². The van der Waals surface area contributed by atoms with Gasteiger partial charge in [-0.2, -0.15) is 4.98 Å². The van der Waals surface area contributed by atoms with E-state index in [1.165, 1.54) is 0 Å². The Balaban J connectivity index is 1.62. The molecule has 0 bridgehead atoms. The van der Waals surface area contributed by atoms with E-state index in [1.54, 1.807) is 11.8 Å². The Morgan fingerprint density at radius 2 is 1.77 bits per heavy atom. The minimum absolute atomic E-state index is 0.232. The molecule has 35 heavy (non-hydrogen) atoms. The van der Waals surface area contributed by atoms with Crippen molar-refractivity contribution in [2.75, 3.05) is 17.7 Å². The third-order valence-electron chi connectivity index (χ3n) is 6.20. The zero-order valence-electron chi connectivity index (χ0n) is 20.2. The Morgan fingerprint density at radius 3 is 2.54 bits per heavy atom. The molecular weight excluding hydrogens is 438 g/mol. The number of hydrogen-bond donors (Lipinski definition) is 2. The number of aryl methyl sites for hydroxylation is 2. The fourth-order valence-corrected chi connectivity index (χ4v) is 4.47. The molecule has 7 heteroatoms. The lowest BCUT2D eigenvalue weighted by molar-refractivity contribution is -0.113. The highest BCUT2D eigenvalue weighted by Crippen LogP contribution is 2.38. The molecule has 0 saturated heterocycles. The van der Waals surface area contributed by atoms with Gasteiger partial charge in [0.15, 0.2) is 5.82 Å². The number of amides is 1. The maximum absolute atomic E-state index is 13.7. The molecule has 5 rings (SSSR count). The number of ether oxygens (including phenoxy) is 1. The Hall–Kier alpha value is -4.39. The molecule has 0 radical (unpaired) electrons. The number of para-hydroxylation sites is 2.